The molecule has 20 heavy (non-hydrogen) atoms. The summed E-state index contributed by atoms with van der Waals surface area (Å²) >= 11 is 0. The fourth-order valence-electron chi connectivity index (χ4n) is 1.82. The van der Waals surface area contributed by atoms with Gasteiger partial charge in [-0.2, -0.15) is 8.78 Å². The zero-order chi connectivity index (χ0) is 15.1. The van der Waals surface area contributed by atoms with Gasteiger partial charge in [-0.15, -0.1) is 0 Å². The van der Waals surface area contributed by atoms with Gasteiger partial charge in [0.25, 0.3) is 0 Å². The van der Waals surface area contributed by atoms with Gasteiger partial charge < -0.3 is 9.84 Å². The summed E-state index contributed by atoms with van der Waals surface area (Å²) in [6.45, 7) is 1.71. The summed E-state index contributed by atoms with van der Waals surface area (Å²) in [5.41, 5.74) is 0.617. The van der Waals surface area contributed by atoms with Gasteiger partial charge in [0.1, 0.15) is 5.75 Å². The highest BCUT2D eigenvalue weighted by molar-refractivity contribution is 5.66. The molecule has 0 atom stereocenters. The zero-order valence-corrected chi connectivity index (χ0v) is 11.6. The highest BCUT2D eigenvalue weighted by Gasteiger charge is 2.15. The number of carboxylic acid groups (broad SMARTS) is 1. The molecule has 0 saturated heterocycles. The van der Waals surface area contributed by atoms with Gasteiger partial charge in [-0.25, -0.2) is 0 Å². The van der Waals surface area contributed by atoms with Crippen molar-refractivity contribution in [1.29, 1.82) is 0 Å². The molecule has 0 aromatic heterocycles. The first-order valence-corrected chi connectivity index (χ1v) is 6.38. The lowest BCUT2D eigenvalue weighted by Gasteiger charge is -2.26. The Bertz CT molecular complexity index is 438. The average Bonchev–Trinajstić information content (AvgIpc) is 2.35. The molecular weight excluding hydrogens is 268 g/mol. The quantitative estimate of drug-likeness (QED) is 0.798. The second-order valence-corrected chi connectivity index (χ2v) is 4.69. The molecule has 1 aromatic rings. The van der Waals surface area contributed by atoms with Crippen LogP contribution in [-0.2, 0) is 11.3 Å². The Hall–Kier alpha value is -1.69. The van der Waals surface area contributed by atoms with Crippen LogP contribution in [0.2, 0.25) is 0 Å². The third-order valence-electron chi connectivity index (χ3n) is 2.91. The number of ether oxygens (including phenoxy) is 1. The minimum atomic E-state index is -2.87. The first kappa shape index (κ1) is 16.4. The van der Waals surface area contributed by atoms with Crippen LogP contribution in [0.1, 0.15) is 25.8 Å². The summed E-state index contributed by atoms with van der Waals surface area (Å²) in [6.07, 6.45) is 0.00997. The number of benzene rings is 1. The SMILES string of the molecule is CC(C)N(CCC(=O)O)Cc1ccccc1OC(F)F. The molecule has 0 saturated carbocycles. The van der Waals surface area contributed by atoms with Crippen LogP contribution >= 0.6 is 0 Å². The molecule has 112 valence electrons. The van der Waals surface area contributed by atoms with Gasteiger partial charge in [-0.1, -0.05) is 18.2 Å². The van der Waals surface area contributed by atoms with Crippen molar-refractivity contribution in [3.63, 3.8) is 0 Å². The molecule has 0 bridgehead atoms. The Morgan fingerprint density at radius 3 is 2.55 bits per heavy atom. The number of nitrogens with zero attached hydrogens (tertiary/aromatic N) is 1. The van der Waals surface area contributed by atoms with E-state index in [0.29, 0.717) is 18.7 Å². The van der Waals surface area contributed by atoms with Crippen LogP contribution in [0.5, 0.6) is 5.75 Å². The first-order chi connectivity index (χ1) is 9.40. The van der Waals surface area contributed by atoms with Crippen molar-refractivity contribution in [2.45, 2.75) is 39.5 Å². The van der Waals surface area contributed by atoms with Crippen molar-refractivity contribution >= 4 is 5.97 Å². The Balaban J connectivity index is 2.79. The lowest BCUT2D eigenvalue weighted by Crippen LogP contribution is -2.32. The Morgan fingerprint density at radius 2 is 2.00 bits per heavy atom. The van der Waals surface area contributed by atoms with Gasteiger partial charge in [-0.05, 0) is 19.9 Å². The Kier molecular flexibility index (Phi) is 6.38. The number of hydrogen-bond donors (Lipinski definition) is 1. The first-order valence-electron chi connectivity index (χ1n) is 6.38. The van der Waals surface area contributed by atoms with Crippen molar-refractivity contribution in [2.24, 2.45) is 0 Å². The highest BCUT2D eigenvalue weighted by Crippen LogP contribution is 2.22. The van der Waals surface area contributed by atoms with Gasteiger partial charge in [0.05, 0.1) is 6.42 Å². The lowest BCUT2D eigenvalue weighted by atomic mass is 10.1. The van der Waals surface area contributed by atoms with Crippen LogP contribution in [0, 0.1) is 0 Å². The predicted octanol–water partition coefficient (Wildman–Crippen LogP) is 2.97. The number of halogens is 2. The molecule has 0 heterocycles. The molecule has 0 aliphatic rings. The predicted molar refractivity (Wildman–Crippen MR) is 70.9 cm³/mol. The van der Waals surface area contributed by atoms with Crippen LogP contribution in [0.3, 0.4) is 0 Å². The maximum absolute atomic E-state index is 12.3. The van der Waals surface area contributed by atoms with Crippen molar-refractivity contribution < 1.29 is 23.4 Å². The summed E-state index contributed by atoms with van der Waals surface area (Å²) in [5.74, 6) is -0.753. The Labute approximate surface area is 117 Å². The zero-order valence-electron chi connectivity index (χ0n) is 11.6. The monoisotopic (exact) mass is 287 g/mol. The third kappa shape index (κ3) is 5.52. The summed E-state index contributed by atoms with van der Waals surface area (Å²) in [5, 5.41) is 8.73. The fraction of sp³-hybridized carbons (Fsp3) is 0.500. The normalized spacial score (nSPS) is 11.3. The van der Waals surface area contributed by atoms with Crippen LogP contribution in [-0.4, -0.2) is 35.2 Å². The molecule has 0 aliphatic heterocycles. The van der Waals surface area contributed by atoms with Crippen LogP contribution in [0.4, 0.5) is 8.78 Å². The largest absolute Gasteiger partial charge is 0.481 e. The average molecular weight is 287 g/mol. The number of hydrogen-bond acceptors (Lipinski definition) is 3. The van der Waals surface area contributed by atoms with E-state index >= 15 is 0 Å². The molecule has 1 rings (SSSR count). The van der Waals surface area contributed by atoms with Gasteiger partial charge in [-0.3, -0.25) is 9.69 Å². The van der Waals surface area contributed by atoms with E-state index in [9.17, 15) is 13.6 Å². The molecule has 0 amide bonds. The van der Waals surface area contributed by atoms with E-state index in [1.807, 2.05) is 18.7 Å². The smallest absolute Gasteiger partial charge is 0.387 e. The topological polar surface area (TPSA) is 49.8 Å². The van der Waals surface area contributed by atoms with E-state index in [4.69, 9.17) is 5.11 Å². The molecule has 6 heteroatoms. The Morgan fingerprint density at radius 1 is 1.35 bits per heavy atom. The number of carboxylic acids is 1. The van der Waals surface area contributed by atoms with E-state index in [2.05, 4.69) is 4.74 Å². The molecule has 0 radical (unpaired) electrons. The van der Waals surface area contributed by atoms with E-state index in [1.54, 1.807) is 18.2 Å². The van der Waals surface area contributed by atoms with Crippen molar-refractivity contribution in [3.05, 3.63) is 29.8 Å². The lowest BCUT2D eigenvalue weighted by molar-refractivity contribution is -0.137. The molecule has 4 nitrogen and oxygen atoms in total. The van der Waals surface area contributed by atoms with E-state index in [0.717, 1.165) is 0 Å². The standard InChI is InChI=1S/C14H19F2NO3/c1-10(2)17(8-7-13(18)19)9-11-5-3-4-6-12(11)20-14(15)16/h3-6,10,14H,7-9H2,1-2H3,(H,18,19). The second kappa shape index (κ2) is 7.79. The number of rotatable bonds is 8. The van der Waals surface area contributed by atoms with Crippen LogP contribution < -0.4 is 4.74 Å². The summed E-state index contributed by atoms with van der Waals surface area (Å²) in [4.78, 5) is 12.5. The van der Waals surface area contributed by atoms with E-state index in [-0.39, 0.29) is 18.2 Å². The summed E-state index contributed by atoms with van der Waals surface area (Å²) in [7, 11) is 0. The van der Waals surface area contributed by atoms with Gasteiger partial charge >= 0.3 is 12.6 Å². The van der Waals surface area contributed by atoms with E-state index in [1.165, 1.54) is 6.07 Å². The fourth-order valence-corrected chi connectivity index (χ4v) is 1.82. The van der Waals surface area contributed by atoms with Crippen molar-refractivity contribution in [1.82, 2.24) is 4.90 Å². The van der Waals surface area contributed by atoms with Crippen molar-refractivity contribution in [3.8, 4) is 5.75 Å². The molecule has 0 unspecified atom stereocenters. The van der Waals surface area contributed by atoms with E-state index < -0.39 is 12.6 Å². The molecule has 0 fully saturated rings. The number of aliphatic carboxylic acids is 1. The second-order valence-electron chi connectivity index (χ2n) is 4.69. The van der Waals surface area contributed by atoms with Gasteiger partial charge in [0.2, 0.25) is 0 Å². The van der Waals surface area contributed by atoms with Crippen molar-refractivity contribution in [2.75, 3.05) is 6.54 Å². The minimum absolute atomic E-state index is 0.00997. The third-order valence-corrected chi connectivity index (χ3v) is 2.91. The molecule has 0 spiro atoms. The minimum Gasteiger partial charge on any atom is -0.481 e. The molecule has 1 N–H and O–H groups in total. The summed E-state index contributed by atoms with van der Waals surface area (Å²) in [6, 6.07) is 6.65. The number of para-hydroxylation sites is 1. The number of carbonyl (C=O) groups is 1. The molecular formula is C14H19F2NO3. The van der Waals surface area contributed by atoms with Gasteiger partial charge in [0.15, 0.2) is 0 Å². The van der Waals surface area contributed by atoms with Gasteiger partial charge in [0, 0.05) is 24.7 Å². The summed E-state index contributed by atoms with van der Waals surface area (Å²) < 4.78 is 29.1. The van der Waals surface area contributed by atoms with Crippen LogP contribution in [0.25, 0.3) is 0 Å². The van der Waals surface area contributed by atoms with Crippen LogP contribution in [0.15, 0.2) is 24.3 Å². The maximum Gasteiger partial charge on any atom is 0.387 e. The highest BCUT2D eigenvalue weighted by atomic mass is 19.3. The maximum atomic E-state index is 12.3. The number of alkyl halides is 2. The molecule has 1 aromatic carbocycles. The molecule has 0 aliphatic carbocycles.